The second kappa shape index (κ2) is 8.11. The Kier molecular flexibility index (Phi) is 5.65. The Hall–Kier alpha value is -2.71. The lowest BCUT2D eigenvalue weighted by atomic mass is 10.0. The molecule has 0 N–H and O–H groups in total. The van der Waals surface area contributed by atoms with Crippen LogP contribution in [0.2, 0.25) is 0 Å². The van der Waals surface area contributed by atoms with Crippen molar-refractivity contribution in [2.75, 3.05) is 26.2 Å². The first-order valence-corrected chi connectivity index (χ1v) is 9.04. The minimum atomic E-state index is -0.0791. The first-order chi connectivity index (χ1) is 12.6. The van der Waals surface area contributed by atoms with Crippen LogP contribution in [0.1, 0.15) is 19.4 Å². The Labute approximate surface area is 154 Å². The number of carbonyl (C=O) groups is 1. The maximum atomic E-state index is 12.5. The summed E-state index contributed by atoms with van der Waals surface area (Å²) >= 11 is 0. The minimum absolute atomic E-state index is 0.00985. The summed E-state index contributed by atoms with van der Waals surface area (Å²) in [5.41, 5.74) is 1.84. The lowest BCUT2D eigenvalue weighted by molar-refractivity contribution is -0.127. The van der Waals surface area contributed by atoms with Crippen molar-refractivity contribution in [2.45, 2.75) is 19.9 Å². The van der Waals surface area contributed by atoms with Gasteiger partial charge in [0.25, 0.3) is 0 Å². The third-order valence-corrected chi connectivity index (χ3v) is 4.85. The molecular formula is C21H24N4O. The molecule has 1 aliphatic rings. The van der Waals surface area contributed by atoms with Gasteiger partial charge in [-0.05, 0) is 18.1 Å². The molecule has 1 fully saturated rings. The fraction of sp³-hybridized carbons (Fsp3) is 0.381. The van der Waals surface area contributed by atoms with Crippen molar-refractivity contribution >= 4 is 22.9 Å². The third-order valence-electron chi connectivity index (χ3n) is 4.85. The number of hydrogen-bond acceptors (Lipinski definition) is 4. The molecule has 26 heavy (non-hydrogen) atoms. The summed E-state index contributed by atoms with van der Waals surface area (Å²) in [6.45, 7) is 6.92. The minimum Gasteiger partial charge on any atom is -0.337 e. The molecule has 1 amide bonds. The molecule has 2 aromatic rings. The van der Waals surface area contributed by atoms with Gasteiger partial charge in [0.1, 0.15) is 6.04 Å². The summed E-state index contributed by atoms with van der Waals surface area (Å²) in [7, 11) is 0. The zero-order valence-electron chi connectivity index (χ0n) is 15.3. The van der Waals surface area contributed by atoms with Crippen LogP contribution in [0.25, 0.3) is 17.0 Å². The van der Waals surface area contributed by atoms with E-state index in [1.54, 1.807) is 12.3 Å². The number of nitrogens with zero attached hydrogens (tertiary/aromatic N) is 4. The largest absolute Gasteiger partial charge is 0.337 e. The summed E-state index contributed by atoms with van der Waals surface area (Å²) in [6, 6.07) is 12.2. The van der Waals surface area contributed by atoms with E-state index >= 15 is 0 Å². The molecule has 0 saturated carbocycles. The maximum Gasteiger partial charge on any atom is 0.246 e. The Balaban J connectivity index is 1.64. The number of carbonyl (C=O) groups excluding carboxylic acids is 1. The third kappa shape index (κ3) is 3.92. The van der Waals surface area contributed by atoms with Gasteiger partial charge in [-0.25, -0.2) is 0 Å². The van der Waals surface area contributed by atoms with E-state index in [2.05, 4.69) is 29.8 Å². The van der Waals surface area contributed by atoms with Gasteiger partial charge in [0.15, 0.2) is 0 Å². The number of aromatic nitrogens is 1. The zero-order chi connectivity index (χ0) is 18.5. The lowest BCUT2D eigenvalue weighted by Crippen LogP contribution is -2.52. The Morgan fingerprint density at radius 1 is 1.19 bits per heavy atom. The molecule has 134 valence electrons. The monoisotopic (exact) mass is 348 g/mol. The van der Waals surface area contributed by atoms with Crippen molar-refractivity contribution in [3.05, 3.63) is 48.2 Å². The predicted octanol–water partition coefficient (Wildman–Crippen LogP) is 2.94. The molecule has 0 spiro atoms. The summed E-state index contributed by atoms with van der Waals surface area (Å²) in [6.07, 6.45) is 5.24. The predicted molar refractivity (Wildman–Crippen MR) is 103 cm³/mol. The van der Waals surface area contributed by atoms with Crippen LogP contribution >= 0.6 is 0 Å². The maximum absolute atomic E-state index is 12.5. The quantitative estimate of drug-likeness (QED) is 0.797. The molecule has 0 aliphatic carbocycles. The second-order valence-corrected chi connectivity index (χ2v) is 6.93. The van der Waals surface area contributed by atoms with Crippen molar-refractivity contribution in [3.8, 4) is 6.07 Å². The molecule has 1 saturated heterocycles. The molecule has 1 aromatic heterocycles. The number of fused-ring (bicyclic) bond motifs is 1. The number of piperazine rings is 1. The van der Waals surface area contributed by atoms with E-state index in [9.17, 15) is 10.1 Å². The van der Waals surface area contributed by atoms with Gasteiger partial charge >= 0.3 is 0 Å². The van der Waals surface area contributed by atoms with Gasteiger partial charge in [-0.2, -0.15) is 5.26 Å². The van der Waals surface area contributed by atoms with Crippen LogP contribution in [0.5, 0.6) is 0 Å². The number of para-hydroxylation sites is 1. The van der Waals surface area contributed by atoms with Crippen LogP contribution in [0.15, 0.2) is 42.6 Å². The first kappa shape index (κ1) is 18.1. The standard InChI is InChI=1S/C21H24N4O/c1-16(2)19(15-22)24-11-13-25(14-12-24)20(26)9-8-18-6-3-5-17-7-4-10-23-21(17)18/h3-10,16,19H,11-14H2,1-2H3/b9-8+. The van der Waals surface area contributed by atoms with Crippen molar-refractivity contribution in [1.82, 2.24) is 14.8 Å². The number of rotatable bonds is 4. The molecule has 1 aliphatic heterocycles. The molecule has 5 nitrogen and oxygen atoms in total. The number of hydrogen-bond donors (Lipinski definition) is 0. The van der Waals surface area contributed by atoms with E-state index in [0.717, 1.165) is 29.6 Å². The SMILES string of the molecule is CC(C)C(C#N)N1CCN(C(=O)/C=C/c2cccc3cccnc23)CC1. The van der Waals surface area contributed by atoms with Crippen molar-refractivity contribution in [2.24, 2.45) is 5.92 Å². The fourth-order valence-electron chi connectivity index (χ4n) is 3.40. The summed E-state index contributed by atoms with van der Waals surface area (Å²) in [5.74, 6) is 0.302. The second-order valence-electron chi connectivity index (χ2n) is 6.93. The topological polar surface area (TPSA) is 60.2 Å². The van der Waals surface area contributed by atoms with Crippen molar-refractivity contribution in [1.29, 1.82) is 5.26 Å². The van der Waals surface area contributed by atoms with E-state index in [4.69, 9.17) is 0 Å². The van der Waals surface area contributed by atoms with Crippen molar-refractivity contribution in [3.63, 3.8) is 0 Å². The van der Waals surface area contributed by atoms with Gasteiger partial charge in [-0.3, -0.25) is 14.7 Å². The molecule has 0 bridgehead atoms. The molecule has 5 heteroatoms. The van der Waals surface area contributed by atoms with Crippen LogP contribution in [-0.2, 0) is 4.79 Å². The number of benzene rings is 1. The molecule has 1 aromatic carbocycles. The highest BCUT2D eigenvalue weighted by Crippen LogP contribution is 2.18. The summed E-state index contributed by atoms with van der Waals surface area (Å²) in [5, 5.41) is 10.4. The van der Waals surface area contributed by atoms with E-state index in [1.807, 2.05) is 41.3 Å². The summed E-state index contributed by atoms with van der Waals surface area (Å²) < 4.78 is 0. The van der Waals surface area contributed by atoms with Gasteiger partial charge in [-0.1, -0.05) is 38.1 Å². The van der Waals surface area contributed by atoms with Gasteiger partial charge in [0.05, 0.1) is 11.6 Å². The average Bonchev–Trinajstić information content (AvgIpc) is 2.67. The Morgan fingerprint density at radius 2 is 1.92 bits per heavy atom. The van der Waals surface area contributed by atoms with Crippen molar-refractivity contribution < 1.29 is 4.79 Å². The molecule has 1 unspecified atom stereocenters. The normalized spacial score (nSPS) is 16.9. The molecule has 2 heterocycles. The highest BCUT2D eigenvalue weighted by Gasteiger charge is 2.26. The van der Waals surface area contributed by atoms with Gasteiger partial charge in [0.2, 0.25) is 5.91 Å². The fourth-order valence-corrected chi connectivity index (χ4v) is 3.40. The Morgan fingerprint density at radius 3 is 2.62 bits per heavy atom. The highest BCUT2D eigenvalue weighted by atomic mass is 16.2. The van der Waals surface area contributed by atoms with E-state index in [-0.39, 0.29) is 11.9 Å². The Bertz CT molecular complexity index is 839. The van der Waals surface area contributed by atoms with Crippen LogP contribution < -0.4 is 0 Å². The number of nitriles is 1. The van der Waals surface area contributed by atoms with E-state index in [1.165, 1.54) is 0 Å². The molecule has 3 rings (SSSR count). The van der Waals surface area contributed by atoms with E-state index in [0.29, 0.717) is 19.0 Å². The molecular weight excluding hydrogens is 324 g/mol. The molecule has 1 atom stereocenters. The van der Waals surface area contributed by atoms with Gasteiger partial charge in [0, 0.05) is 49.4 Å². The van der Waals surface area contributed by atoms with Crippen LogP contribution in [0.3, 0.4) is 0 Å². The van der Waals surface area contributed by atoms with Crippen LogP contribution in [0.4, 0.5) is 0 Å². The van der Waals surface area contributed by atoms with E-state index < -0.39 is 0 Å². The lowest BCUT2D eigenvalue weighted by Gasteiger charge is -2.37. The summed E-state index contributed by atoms with van der Waals surface area (Å²) in [4.78, 5) is 21.0. The zero-order valence-corrected chi connectivity index (χ0v) is 15.3. The number of amides is 1. The van der Waals surface area contributed by atoms with Gasteiger partial charge in [-0.15, -0.1) is 0 Å². The number of pyridine rings is 1. The highest BCUT2D eigenvalue weighted by molar-refractivity contribution is 5.95. The van der Waals surface area contributed by atoms with Gasteiger partial charge < -0.3 is 4.90 Å². The molecule has 0 radical (unpaired) electrons. The van der Waals surface area contributed by atoms with Crippen LogP contribution in [-0.4, -0.2) is 52.9 Å². The average molecular weight is 348 g/mol. The first-order valence-electron chi connectivity index (χ1n) is 9.04. The smallest absolute Gasteiger partial charge is 0.246 e. The van der Waals surface area contributed by atoms with Crippen LogP contribution in [0, 0.1) is 17.2 Å².